The molecule has 1 aliphatic heterocycles. The third-order valence-corrected chi connectivity index (χ3v) is 3.76. The molecule has 94 valence electrons. The molecule has 0 aliphatic carbocycles. The van der Waals surface area contributed by atoms with Crippen molar-refractivity contribution in [3.63, 3.8) is 0 Å². The maximum atomic E-state index is 8.74. The molecule has 0 saturated carbocycles. The van der Waals surface area contributed by atoms with E-state index >= 15 is 0 Å². The van der Waals surface area contributed by atoms with Crippen molar-refractivity contribution in [2.45, 2.75) is 46.0 Å². The SMILES string of the molecule is CCCCCN1CCC(C)(C(N)=NO)CC1. The summed E-state index contributed by atoms with van der Waals surface area (Å²) in [5.74, 6) is 0.390. The maximum absolute atomic E-state index is 8.74. The number of rotatable bonds is 5. The van der Waals surface area contributed by atoms with E-state index in [9.17, 15) is 0 Å². The highest BCUT2D eigenvalue weighted by Crippen LogP contribution is 2.31. The Balaban J connectivity index is 2.33. The van der Waals surface area contributed by atoms with Crippen LogP contribution in [0.5, 0.6) is 0 Å². The first-order valence-corrected chi connectivity index (χ1v) is 6.33. The van der Waals surface area contributed by atoms with Gasteiger partial charge in [-0.2, -0.15) is 0 Å². The maximum Gasteiger partial charge on any atom is 0.145 e. The summed E-state index contributed by atoms with van der Waals surface area (Å²) in [5.41, 5.74) is 5.63. The van der Waals surface area contributed by atoms with Gasteiger partial charge in [-0.3, -0.25) is 0 Å². The van der Waals surface area contributed by atoms with Gasteiger partial charge in [0, 0.05) is 5.41 Å². The van der Waals surface area contributed by atoms with E-state index in [2.05, 4.69) is 23.9 Å². The molecule has 1 fully saturated rings. The van der Waals surface area contributed by atoms with Crippen LogP contribution in [0.4, 0.5) is 0 Å². The van der Waals surface area contributed by atoms with Crippen LogP contribution < -0.4 is 5.73 Å². The molecule has 1 heterocycles. The minimum absolute atomic E-state index is 0.101. The number of oxime groups is 1. The molecule has 0 radical (unpaired) electrons. The van der Waals surface area contributed by atoms with Gasteiger partial charge in [-0.25, -0.2) is 0 Å². The molecule has 0 aromatic heterocycles. The van der Waals surface area contributed by atoms with Crippen LogP contribution >= 0.6 is 0 Å². The molecule has 0 aromatic rings. The van der Waals surface area contributed by atoms with Crippen LogP contribution in [0, 0.1) is 5.41 Å². The molecular formula is C12H25N3O. The molecule has 0 aromatic carbocycles. The van der Waals surface area contributed by atoms with E-state index in [1.807, 2.05) is 0 Å². The fraction of sp³-hybridized carbons (Fsp3) is 0.917. The normalized spacial score (nSPS) is 22.2. The Morgan fingerprint density at radius 3 is 2.50 bits per heavy atom. The summed E-state index contributed by atoms with van der Waals surface area (Å²) < 4.78 is 0. The number of amidine groups is 1. The molecule has 0 spiro atoms. The standard InChI is InChI=1S/C12H25N3O/c1-3-4-5-8-15-9-6-12(2,7-10-15)11(13)14-16/h16H,3-10H2,1-2H3,(H2,13,14). The number of nitrogens with zero attached hydrogens (tertiary/aromatic N) is 2. The summed E-state index contributed by atoms with van der Waals surface area (Å²) in [5, 5.41) is 11.9. The van der Waals surface area contributed by atoms with Gasteiger partial charge in [-0.1, -0.05) is 31.8 Å². The average Bonchev–Trinajstić information content (AvgIpc) is 2.31. The summed E-state index contributed by atoms with van der Waals surface area (Å²) in [6.07, 6.45) is 5.87. The first-order chi connectivity index (χ1) is 7.62. The van der Waals surface area contributed by atoms with Crippen molar-refractivity contribution < 1.29 is 5.21 Å². The van der Waals surface area contributed by atoms with Gasteiger partial charge in [0.25, 0.3) is 0 Å². The van der Waals surface area contributed by atoms with Crippen molar-refractivity contribution in [1.82, 2.24) is 4.90 Å². The monoisotopic (exact) mass is 227 g/mol. The highest BCUT2D eigenvalue weighted by molar-refractivity contribution is 5.85. The molecule has 16 heavy (non-hydrogen) atoms. The number of nitrogens with two attached hydrogens (primary N) is 1. The fourth-order valence-electron chi connectivity index (χ4n) is 2.23. The Morgan fingerprint density at radius 1 is 1.38 bits per heavy atom. The summed E-state index contributed by atoms with van der Waals surface area (Å²) in [6.45, 7) is 7.64. The summed E-state index contributed by atoms with van der Waals surface area (Å²) in [4.78, 5) is 2.49. The number of unbranched alkanes of at least 4 members (excludes halogenated alkanes) is 2. The second-order valence-corrected chi connectivity index (χ2v) is 5.09. The lowest BCUT2D eigenvalue weighted by atomic mass is 9.79. The van der Waals surface area contributed by atoms with Crippen LogP contribution in [-0.4, -0.2) is 35.6 Å². The number of likely N-dealkylation sites (tertiary alicyclic amines) is 1. The lowest BCUT2D eigenvalue weighted by molar-refractivity contribution is 0.157. The molecule has 4 nitrogen and oxygen atoms in total. The fourth-order valence-corrected chi connectivity index (χ4v) is 2.23. The Bertz CT molecular complexity index is 232. The van der Waals surface area contributed by atoms with Crippen LogP contribution in [0.3, 0.4) is 0 Å². The zero-order valence-corrected chi connectivity index (χ0v) is 10.6. The third kappa shape index (κ3) is 3.37. The van der Waals surface area contributed by atoms with Gasteiger partial charge in [0.15, 0.2) is 0 Å². The molecule has 0 bridgehead atoms. The highest BCUT2D eigenvalue weighted by atomic mass is 16.4. The van der Waals surface area contributed by atoms with E-state index < -0.39 is 0 Å². The quantitative estimate of drug-likeness (QED) is 0.248. The van der Waals surface area contributed by atoms with Crippen molar-refractivity contribution in [1.29, 1.82) is 0 Å². The van der Waals surface area contributed by atoms with Gasteiger partial charge in [0.05, 0.1) is 0 Å². The van der Waals surface area contributed by atoms with Crippen molar-refractivity contribution in [3.8, 4) is 0 Å². The minimum atomic E-state index is -0.101. The Hall–Kier alpha value is -0.770. The van der Waals surface area contributed by atoms with Gasteiger partial charge < -0.3 is 15.8 Å². The largest absolute Gasteiger partial charge is 0.409 e. The highest BCUT2D eigenvalue weighted by Gasteiger charge is 2.33. The van der Waals surface area contributed by atoms with Gasteiger partial charge in [-0.05, 0) is 38.9 Å². The molecule has 3 N–H and O–H groups in total. The topological polar surface area (TPSA) is 61.8 Å². The summed E-state index contributed by atoms with van der Waals surface area (Å²) in [6, 6.07) is 0. The van der Waals surface area contributed by atoms with E-state index in [1.165, 1.54) is 25.8 Å². The molecule has 0 atom stereocenters. The lowest BCUT2D eigenvalue weighted by Crippen LogP contribution is -2.45. The van der Waals surface area contributed by atoms with Crippen LogP contribution in [0.2, 0.25) is 0 Å². The van der Waals surface area contributed by atoms with Crippen LogP contribution in [0.15, 0.2) is 5.16 Å². The molecule has 4 heteroatoms. The Labute approximate surface area is 98.5 Å². The molecule has 0 amide bonds. The van der Waals surface area contributed by atoms with Crippen molar-refractivity contribution in [3.05, 3.63) is 0 Å². The van der Waals surface area contributed by atoms with E-state index in [1.54, 1.807) is 0 Å². The number of hydrogen-bond donors (Lipinski definition) is 2. The van der Waals surface area contributed by atoms with E-state index in [0.717, 1.165) is 25.9 Å². The lowest BCUT2D eigenvalue weighted by Gasteiger charge is -2.38. The number of piperidine rings is 1. The second-order valence-electron chi connectivity index (χ2n) is 5.09. The first kappa shape index (κ1) is 13.3. The van der Waals surface area contributed by atoms with Crippen molar-refractivity contribution in [2.75, 3.05) is 19.6 Å². The number of hydrogen-bond acceptors (Lipinski definition) is 3. The third-order valence-electron chi connectivity index (χ3n) is 3.76. The first-order valence-electron chi connectivity index (χ1n) is 6.33. The van der Waals surface area contributed by atoms with Crippen LogP contribution in [0.1, 0.15) is 46.0 Å². The van der Waals surface area contributed by atoms with E-state index in [4.69, 9.17) is 10.9 Å². The zero-order valence-electron chi connectivity index (χ0n) is 10.6. The van der Waals surface area contributed by atoms with Gasteiger partial charge in [0.1, 0.15) is 5.84 Å². The Morgan fingerprint density at radius 2 is 2.00 bits per heavy atom. The van der Waals surface area contributed by atoms with E-state index in [0.29, 0.717) is 5.84 Å². The van der Waals surface area contributed by atoms with Crippen molar-refractivity contribution >= 4 is 5.84 Å². The van der Waals surface area contributed by atoms with Gasteiger partial charge in [-0.15, -0.1) is 0 Å². The van der Waals surface area contributed by atoms with Gasteiger partial charge in [0.2, 0.25) is 0 Å². The Kier molecular flexibility index (Phi) is 5.06. The molecule has 1 aliphatic rings. The molecule has 0 unspecified atom stereocenters. The predicted molar refractivity (Wildman–Crippen MR) is 66.7 cm³/mol. The van der Waals surface area contributed by atoms with Gasteiger partial charge >= 0.3 is 0 Å². The second kappa shape index (κ2) is 6.09. The van der Waals surface area contributed by atoms with Crippen LogP contribution in [0.25, 0.3) is 0 Å². The zero-order chi connectivity index (χ0) is 12.0. The summed E-state index contributed by atoms with van der Waals surface area (Å²) in [7, 11) is 0. The minimum Gasteiger partial charge on any atom is -0.409 e. The summed E-state index contributed by atoms with van der Waals surface area (Å²) >= 11 is 0. The smallest absolute Gasteiger partial charge is 0.145 e. The predicted octanol–water partition coefficient (Wildman–Crippen LogP) is 2.03. The van der Waals surface area contributed by atoms with E-state index in [-0.39, 0.29) is 5.41 Å². The van der Waals surface area contributed by atoms with Crippen LogP contribution in [-0.2, 0) is 0 Å². The molecular weight excluding hydrogens is 202 g/mol. The molecule has 1 rings (SSSR count). The average molecular weight is 227 g/mol. The van der Waals surface area contributed by atoms with Crippen molar-refractivity contribution in [2.24, 2.45) is 16.3 Å². The molecule has 1 saturated heterocycles.